The summed E-state index contributed by atoms with van der Waals surface area (Å²) in [6, 6.07) is 12.9. The van der Waals surface area contributed by atoms with Crippen LogP contribution in [0.25, 0.3) is 0 Å². The molecule has 6 nitrogen and oxygen atoms in total. The number of ether oxygens (including phenoxy) is 1. The molecule has 1 fully saturated rings. The number of amides is 1. The van der Waals surface area contributed by atoms with E-state index in [1.54, 1.807) is 36.4 Å². The summed E-state index contributed by atoms with van der Waals surface area (Å²) in [7, 11) is -3.70. The van der Waals surface area contributed by atoms with E-state index in [-0.39, 0.29) is 16.8 Å². The monoisotopic (exact) mass is 388 g/mol. The van der Waals surface area contributed by atoms with Crippen LogP contribution < -0.4 is 14.8 Å². The number of carbonyl (C=O) groups excluding carboxylic acids is 1. The molecular weight excluding hydrogens is 364 g/mol. The molecule has 0 saturated heterocycles. The van der Waals surface area contributed by atoms with Gasteiger partial charge in [-0.25, -0.2) is 8.42 Å². The molecule has 0 spiro atoms. The fourth-order valence-electron chi connectivity index (χ4n) is 3.12. The summed E-state index contributed by atoms with van der Waals surface area (Å²) in [5.74, 6) is 0.497. The molecule has 0 bridgehead atoms. The van der Waals surface area contributed by atoms with E-state index in [2.05, 4.69) is 10.0 Å². The topological polar surface area (TPSA) is 84.5 Å². The lowest BCUT2D eigenvalue weighted by Gasteiger charge is -2.12. The van der Waals surface area contributed by atoms with Crippen molar-refractivity contribution < 1.29 is 17.9 Å². The van der Waals surface area contributed by atoms with Crippen LogP contribution in [0.1, 0.15) is 43.0 Å². The largest absolute Gasteiger partial charge is 0.494 e. The van der Waals surface area contributed by atoms with E-state index >= 15 is 0 Å². The first-order chi connectivity index (χ1) is 13.0. The molecule has 1 amide bonds. The minimum absolute atomic E-state index is 0.122. The van der Waals surface area contributed by atoms with Gasteiger partial charge in [0.15, 0.2) is 0 Å². The zero-order valence-corrected chi connectivity index (χ0v) is 16.1. The van der Waals surface area contributed by atoms with Crippen LogP contribution in [-0.2, 0) is 10.0 Å². The smallest absolute Gasteiger partial charge is 0.261 e. The van der Waals surface area contributed by atoms with E-state index in [1.165, 1.54) is 12.1 Å². The van der Waals surface area contributed by atoms with Gasteiger partial charge >= 0.3 is 0 Å². The van der Waals surface area contributed by atoms with Crippen molar-refractivity contribution in [3.8, 4) is 5.75 Å². The number of sulfonamides is 1. The molecule has 144 valence electrons. The summed E-state index contributed by atoms with van der Waals surface area (Å²) >= 11 is 0. The van der Waals surface area contributed by atoms with Crippen LogP contribution in [-0.4, -0.2) is 27.0 Å². The number of hydrogen-bond donors (Lipinski definition) is 2. The van der Waals surface area contributed by atoms with Crippen LogP contribution in [0.3, 0.4) is 0 Å². The fourth-order valence-corrected chi connectivity index (χ4v) is 4.18. The zero-order valence-electron chi connectivity index (χ0n) is 15.3. The highest BCUT2D eigenvalue weighted by atomic mass is 32.2. The third kappa shape index (κ3) is 5.01. The summed E-state index contributed by atoms with van der Waals surface area (Å²) in [5, 5.41) is 3.01. The molecule has 0 aliphatic heterocycles. The summed E-state index contributed by atoms with van der Waals surface area (Å²) in [6.07, 6.45) is 4.34. The Bertz CT molecular complexity index is 871. The summed E-state index contributed by atoms with van der Waals surface area (Å²) < 4.78 is 32.8. The maximum absolute atomic E-state index is 12.5. The first kappa shape index (κ1) is 19.2. The van der Waals surface area contributed by atoms with Gasteiger partial charge in [0.05, 0.1) is 11.5 Å². The number of carbonyl (C=O) groups is 1. The molecule has 1 aliphatic rings. The van der Waals surface area contributed by atoms with E-state index in [4.69, 9.17) is 4.74 Å². The molecule has 0 aromatic heterocycles. The van der Waals surface area contributed by atoms with Gasteiger partial charge in [-0.15, -0.1) is 0 Å². The Morgan fingerprint density at radius 2 is 1.67 bits per heavy atom. The van der Waals surface area contributed by atoms with Crippen molar-refractivity contribution in [2.24, 2.45) is 0 Å². The maximum atomic E-state index is 12.5. The molecule has 3 rings (SSSR count). The van der Waals surface area contributed by atoms with Crippen molar-refractivity contribution >= 4 is 21.6 Å². The molecule has 0 radical (unpaired) electrons. The molecule has 0 unspecified atom stereocenters. The first-order valence-corrected chi connectivity index (χ1v) is 10.6. The second kappa shape index (κ2) is 8.43. The first-order valence-electron chi connectivity index (χ1n) is 9.14. The van der Waals surface area contributed by atoms with Gasteiger partial charge in [-0.05, 0) is 68.3 Å². The molecule has 1 saturated carbocycles. The van der Waals surface area contributed by atoms with Crippen LogP contribution in [0.15, 0.2) is 53.4 Å². The highest BCUT2D eigenvalue weighted by Crippen LogP contribution is 2.21. The number of anilines is 1. The number of hydrogen-bond acceptors (Lipinski definition) is 4. The molecule has 2 aromatic carbocycles. The normalized spacial score (nSPS) is 14.7. The summed E-state index contributed by atoms with van der Waals surface area (Å²) in [6.45, 7) is 2.38. The molecule has 7 heteroatoms. The van der Waals surface area contributed by atoms with Crippen LogP contribution >= 0.6 is 0 Å². The van der Waals surface area contributed by atoms with Gasteiger partial charge in [-0.3, -0.25) is 9.52 Å². The third-order valence-electron chi connectivity index (χ3n) is 4.53. The van der Waals surface area contributed by atoms with Crippen LogP contribution in [0.2, 0.25) is 0 Å². The minimum atomic E-state index is -3.70. The number of nitrogens with one attached hydrogen (secondary N) is 2. The predicted octanol–water partition coefficient (Wildman–Crippen LogP) is 3.56. The molecular formula is C20H24N2O4S. The summed E-state index contributed by atoms with van der Waals surface area (Å²) in [4.78, 5) is 12.4. The van der Waals surface area contributed by atoms with E-state index in [1.807, 2.05) is 6.92 Å². The number of benzene rings is 2. The van der Waals surface area contributed by atoms with Crippen molar-refractivity contribution in [2.75, 3.05) is 11.3 Å². The van der Waals surface area contributed by atoms with Crippen LogP contribution in [0.4, 0.5) is 5.69 Å². The van der Waals surface area contributed by atoms with Gasteiger partial charge in [0.25, 0.3) is 15.9 Å². The molecule has 0 heterocycles. The summed E-state index contributed by atoms with van der Waals surface area (Å²) in [5.41, 5.74) is 0.923. The second-order valence-corrected chi connectivity index (χ2v) is 8.22. The van der Waals surface area contributed by atoms with Gasteiger partial charge in [-0.1, -0.05) is 12.8 Å². The van der Waals surface area contributed by atoms with E-state index in [0.717, 1.165) is 25.7 Å². The predicted molar refractivity (Wildman–Crippen MR) is 105 cm³/mol. The standard InChI is InChI=1S/C20H24N2O4S/c1-2-26-18-11-13-19(14-12-18)27(24,25)22-17-9-7-15(8-10-17)20(23)21-16-5-3-4-6-16/h7-14,16,22H,2-6H2,1H3,(H,21,23). The molecule has 0 atom stereocenters. The lowest BCUT2D eigenvalue weighted by molar-refractivity contribution is 0.0938. The average molecular weight is 388 g/mol. The van der Waals surface area contributed by atoms with Crippen molar-refractivity contribution in [1.29, 1.82) is 0 Å². The lowest BCUT2D eigenvalue weighted by atomic mass is 10.1. The van der Waals surface area contributed by atoms with Gasteiger partial charge < -0.3 is 10.1 Å². The lowest BCUT2D eigenvalue weighted by Crippen LogP contribution is -2.32. The van der Waals surface area contributed by atoms with Gasteiger partial charge in [0, 0.05) is 17.3 Å². The van der Waals surface area contributed by atoms with E-state index in [0.29, 0.717) is 23.6 Å². The fraction of sp³-hybridized carbons (Fsp3) is 0.350. The van der Waals surface area contributed by atoms with Crippen molar-refractivity contribution in [1.82, 2.24) is 5.32 Å². The zero-order chi connectivity index (χ0) is 19.3. The Kier molecular flexibility index (Phi) is 6.01. The Morgan fingerprint density at radius 3 is 2.26 bits per heavy atom. The Morgan fingerprint density at radius 1 is 1.04 bits per heavy atom. The van der Waals surface area contributed by atoms with E-state index in [9.17, 15) is 13.2 Å². The maximum Gasteiger partial charge on any atom is 0.261 e. The Labute approximate surface area is 160 Å². The van der Waals surface area contributed by atoms with Crippen molar-refractivity contribution in [2.45, 2.75) is 43.5 Å². The SMILES string of the molecule is CCOc1ccc(S(=O)(=O)Nc2ccc(C(=O)NC3CCCC3)cc2)cc1. The van der Waals surface area contributed by atoms with Gasteiger partial charge in [-0.2, -0.15) is 0 Å². The van der Waals surface area contributed by atoms with E-state index < -0.39 is 10.0 Å². The highest BCUT2D eigenvalue weighted by Gasteiger charge is 2.18. The van der Waals surface area contributed by atoms with Gasteiger partial charge in [0.1, 0.15) is 5.75 Å². The Hall–Kier alpha value is -2.54. The van der Waals surface area contributed by atoms with Crippen molar-refractivity contribution in [3.05, 3.63) is 54.1 Å². The van der Waals surface area contributed by atoms with Crippen LogP contribution in [0, 0.1) is 0 Å². The van der Waals surface area contributed by atoms with Crippen molar-refractivity contribution in [3.63, 3.8) is 0 Å². The molecule has 1 aliphatic carbocycles. The Balaban J connectivity index is 1.65. The third-order valence-corrected chi connectivity index (χ3v) is 5.93. The minimum Gasteiger partial charge on any atom is -0.494 e. The van der Waals surface area contributed by atoms with Gasteiger partial charge in [0.2, 0.25) is 0 Å². The molecule has 2 aromatic rings. The second-order valence-electron chi connectivity index (χ2n) is 6.54. The number of rotatable bonds is 7. The average Bonchev–Trinajstić information content (AvgIpc) is 3.16. The van der Waals surface area contributed by atoms with Crippen LogP contribution in [0.5, 0.6) is 5.75 Å². The highest BCUT2D eigenvalue weighted by molar-refractivity contribution is 7.92. The quantitative estimate of drug-likeness (QED) is 0.760. The molecule has 2 N–H and O–H groups in total. The molecule has 27 heavy (non-hydrogen) atoms.